The number of fused-ring (bicyclic) bond motifs is 3. The number of H-pyrrole nitrogens is 1. The highest BCUT2D eigenvalue weighted by atomic mass is 32.2. The number of methoxy groups -OCH3 is 1. The van der Waals surface area contributed by atoms with Gasteiger partial charge >= 0.3 is 5.97 Å². The molecule has 1 aliphatic rings. The average Bonchev–Trinajstić information content (AvgIpc) is 2.58. The fraction of sp³-hybridized carbons (Fsp3) is 0.333. The zero-order valence-electron chi connectivity index (χ0n) is 13.3. The maximum Gasteiger partial charge on any atom is 0.354 e. The molecular weight excluding hydrogens is 310 g/mol. The molecular formula is C18H19NO3S. The average molecular weight is 329 g/mol. The van der Waals surface area contributed by atoms with Crippen molar-refractivity contribution in [3.05, 3.63) is 51.3 Å². The number of carbonyl (C=O) groups is 1. The van der Waals surface area contributed by atoms with E-state index in [1.807, 2.05) is 0 Å². The van der Waals surface area contributed by atoms with Gasteiger partial charge in [-0.15, -0.1) is 11.8 Å². The van der Waals surface area contributed by atoms with Gasteiger partial charge in [0, 0.05) is 27.8 Å². The molecule has 3 rings (SSSR count). The van der Waals surface area contributed by atoms with E-state index in [4.69, 9.17) is 4.74 Å². The molecule has 120 valence electrons. The normalized spacial score (nSPS) is 12.4. The summed E-state index contributed by atoms with van der Waals surface area (Å²) in [6.07, 6.45) is 3.30. The predicted octanol–water partition coefficient (Wildman–Crippen LogP) is 3.78. The lowest BCUT2D eigenvalue weighted by Gasteiger charge is -2.20. The molecule has 0 aliphatic carbocycles. The summed E-state index contributed by atoms with van der Waals surface area (Å²) >= 11 is 1.66. The van der Waals surface area contributed by atoms with Gasteiger partial charge in [-0.1, -0.05) is 19.4 Å². The second-order valence-electron chi connectivity index (χ2n) is 5.62. The van der Waals surface area contributed by atoms with E-state index in [2.05, 4.69) is 30.1 Å². The number of esters is 1. The lowest BCUT2D eigenvalue weighted by Crippen LogP contribution is -2.18. The molecule has 0 spiro atoms. The van der Waals surface area contributed by atoms with Crippen LogP contribution in [-0.2, 0) is 16.9 Å². The zero-order chi connectivity index (χ0) is 16.4. The fourth-order valence-electron chi connectivity index (χ4n) is 2.77. The van der Waals surface area contributed by atoms with E-state index in [1.165, 1.54) is 18.7 Å². The number of unbranched alkanes of at least 4 members (excludes halogenated alkanes) is 1. The molecule has 2 aromatic rings. The number of aryl methyl sites for hydroxylation is 1. The van der Waals surface area contributed by atoms with Gasteiger partial charge in [0.1, 0.15) is 5.69 Å². The summed E-state index contributed by atoms with van der Waals surface area (Å²) in [5.74, 6) is 0.0970. The monoisotopic (exact) mass is 329 g/mol. The SMILES string of the molecule is CCCCc1ccc2c(c1)-c1[nH]c(C(=O)OC)cc(=O)c1CS2. The summed E-state index contributed by atoms with van der Waals surface area (Å²) in [7, 11) is 1.31. The summed E-state index contributed by atoms with van der Waals surface area (Å²) in [5, 5.41) is 0. The van der Waals surface area contributed by atoms with Crippen molar-refractivity contribution in [2.45, 2.75) is 36.8 Å². The first-order valence-electron chi connectivity index (χ1n) is 7.74. The smallest absolute Gasteiger partial charge is 0.354 e. The number of benzene rings is 1. The summed E-state index contributed by atoms with van der Waals surface area (Å²) in [6, 6.07) is 7.72. The van der Waals surface area contributed by atoms with Crippen LogP contribution in [0.2, 0.25) is 0 Å². The Morgan fingerprint density at radius 1 is 1.35 bits per heavy atom. The third-order valence-corrected chi connectivity index (χ3v) is 5.14. The predicted molar refractivity (Wildman–Crippen MR) is 92.0 cm³/mol. The highest BCUT2D eigenvalue weighted by molar-refractivity contribution is 7.98. The van der Waals surface area contributed by atoms with Crippen LogP contribution in [0.15, 0.2) is 34.0 Å². The molecule has 0 fully saturated rings. The van der Waals surface area contributed by atoms with Gasteiger partial charge in [-0.25, -0.2) is 4.79 Å². The van der Waals surface area contributed by atoms with E-state index in [-0.39, 0.29) is 11.1 Å². The van der Waals surface area contributed by atoms with Crippen LogP contribution in [0, 0.1) is 0 Å². The number of aromatic nitrogens is 1. The second-order valence-corrected chi connectivity index (χ2v) is 6.63. The number of rotatable bonds is 4. The van der Waals surface area contributed by atoms with Crippen molar-refractivity contribution < 1.29 is 9.53 Å². The van der Waals surface area contributed by atoms with Gasteiger partial charge in [-0.3, -0.25) is 4.79 Å². The van der Waals surface area contributed by atoms with Crippen LogP contribution in [-0.4, -0.2) is 18.1 Å². The molecule has 1 aliphatic heterocycles. The third-order valence-electron chi connectivity index (χ3n) is 4.04. The molecule has 2 heterocycles. The Bertz CT molecular complexity index is 810. The van der Waals surface area contributed by atoms with Crippen molar-refractivity contribution >= 4 is 17.7 Å². The molecule has 0 saturated heterocycles. The molecule has 0 amide bonds. The topological polar surface area (TPSA) is 59.2 Å². The van der Waals surface area contributed by atoms with Crippen molar-refractivity contribution in [3.8, 4) is 11.3 Å². The van der Waals surface area contributed by atoms with E-state index >= 15 is 0 Å². The van der Waals surface area contributed by atoms with Crippen molar-refractivity contribution in [2.24, 2.45) is 0 Å². The molecule has 0 atom stereocenters. The fourth-order valence-corrected chi connectivity index (χ4v) is 3.83. The zero-order valence-corrected chi connectivity index (χ0v) is 14.1. The van der Waals surface area contributed by atoms with E-state index in [0.29, 0.717) is 5.75 Å². The largest absolute Gasteiger partial charge is 0.464 e. The first-order chi connectivity index (χ1) is 11.1. The first kappa shape index (κ1) is 15.9. The Kier molecular flexibility index (Phi) is 4.57. The van der Waals surface area contributed by atoms with E-state index in [9.17, 15) is 9.59 Å². The molecule has 0 bridgehead atoms. The standard InChI is InChI=1S/C18H19NO3S/c1-3-4-5-11-6-7-16-12(8-11)17-13(10-23-16)15(20)9-14(19-17)18(21)22-2/h6-9H,3-5,10H2,1-2H3,(H,19,20). The molecule has 0 saturated carbocycles. The number of hydrogen-bond donors (Lipinski definition) is 1. The van der Waals surface area contributed by atoms with Crippen molar-refractivity contribution in [1.29, 1.82) is 0 Å². The molecule has 1 aromatic heterocycles. The van der Waals surface area contributed by atoms with Crippen LogP contribution in [0.3, 0.4) is 0 Å². The lowest BCUT2D eigenvalue weighted by molar-refractivity contribution is 0.0594. The molecule has 1 N–H and O–H groups in total. The van der Waals surface area contributed by atoms with Gasteiger partial charge in [-0.2, -0.15) is 0 Å². The van der Waals surface area contributed by atoms with E-state index < -0.39 is 5.97 Å². The number of aromatic amines is 1. The molecule has 1 aromatic carbocycles. The Hall–Kier alpha value is -2.01. The van der Waals surface area contributed by atoms with Crippen molar-refractivity contribution in [2.75, 3.05) is 7.11 Å². The minimum Gasteiger partial charge on any atom is -0.464 e. The van der Waals surface area contributed by atoms with E-state index in [0.717, 1.165) is 41.0 Å². The van der Waals surface area contributed by atoms with Crippen molar-refractivity contribution in [1.82, 2.24) is 4.98 Å². The summed E-state index contributed by atoms with van der Waals surface area (Å²) in [6.45, 7) is 2.17. The maximum absolute atomic E-state index is 12.3. The Morgan fingerprint density at radius 2 is 2.17 bits per heavy atom. The Balaban J connectivity index is 2.12. The van der Waals surface area contributed by atoms with Gasteiger partial charge in [-0.05, 0) is 30.5 Å². The number of nitrogens with one attached hydrogen (secondary N) is 1. The van der Waals surface area contributed by atoms with Crippen LogP contribution >= 0.6 is 11.8 Å². The quantitative estimate of drug-likeness (QED) is 0.867. The van der Waals surface area contributed by atoms with Gasteiger partial charge in [0.05, 0.1) is 12.8 Å². The number of thioether (sulfide) groups is 1. The van der Waals surface area contributed by atoms with Gasteiger partial charge in [0.25, 0.3) is 0 Å². The van der Waals surface area contributed by atoms with E-state index in [1.54, 1.807) is 11.8 Å². The molecule has 0 unspecified atom stereocenters. The second kappa shape index (κ2) is 6.62. The van der Waals surface area contributed by atoms with Crippen LogP contribution in [0.4, 0.5) is 0 Å². The highest BCUT2D eigenvalue weighted by Gasteiger charge is 2.22. The van der Waals surface area contributed by atoms with Crippen LogP contribution in [0.1, 0.15) is 41.4 Å². The number of pyridine rings is 1. The minimum absolute atomic E-state index is 0.115. The van der Waals surface area contributed by atoms with Gasteiger partial charge in [0.15, 0.2) is 5.43 Å². The Morgan fingerprint density at radius 3 is 2.91 bits per heavy atom. The molecule has 4 nitrogen and oxygen atoms in total. The summed E-state index contributed by atoms with van der Waals surface area (Å²) in [5.41, 5.74) is 3.83. The summed E-state index contributed by atoms with van der Waals surface area (Å²) in [4.78, 5) is 28.3. The first-order valence-corrected chi connectivity index (χ1v) is 8.73. The van der Waals surface area contributed by atoms with Gasteiger partial charge in [0.2, 0.25) is 0 Å². The number of carbonyl (C=O) groups excluding carboxylic acids is 1. The Labute approximate surface area is 139 Å². The molecule has 5 heteroatoms. The van der Waals surface area contributed by atoms with Crippen LogP contribution in [0.25, 0.3) is 11.3 Å². The number of ether oxygens (including phenoxy) is 1. The summed E-state index contributed by atoms with van der Waals surface area (Å²) < 4.78 is 4.73. The molecule has 0 radical (unpaired) electrons. The van der Waals surface area contributed by atoms with Crippen LogP contribution < -0.4 is 5.43 Å². The number of hydrogen-bond acceptors (Lipinski definition) is 4. The lowest BCUT2D eigenvalue weighted by atomic mass is 10.00. The molecule has 23 heavy (non-hydrogen) atoms. The van der Waals surface area contributed by atoms with Crippen LogP contribution in [0.5, 0.6) is 0 Å². The maximum atomic E-state index is 12.3. The highest BCUT2D eigenvalue weighted by Crippen LogP contribution is 2.39. The van der Waals surface area contributed by atoms with Crippen molar-refractivity contribution in [3.63, 3.8) is 0 Å². The van der Waals surface area contributed by atoms with Gasteiger partial charge < -0.3 is 9.72 Å². The minimum atomic E-state index is -0.521. The third kappa shape index (κ3) is 3.06.